The predicted octanol–water partition coefficient (Wildman–Crippen LogP) is 3.34. The van der Waals surface area contributed by atoms with Crippen LogP contribution in [0.3, 0.4) is 0 Å². The molecule has 1 aliphatic heterocycles. The number of halogens is 2. The molecule has 3 heteroatoms. The third-order valence-electron chi connectivity index (χ3n) is 2.64. The number of benzene rings is 1. The number of hydrogen-bond donors (Lipinski definition) is 1. The molecule has 1 aliphatic rings. The highest BCUT2D eigenvalue weighted by molar-refractivity contribution is 9.10. The van der Waals surface area contributed by atoms with Gasteiger partial charge in [-0.25, -0.2) is 0 Å². The van der Waals surface area contributed by atoms with Crippen LogP contribution in [0.5, 0.6) is 0 Å². The lowest BCUT2D eigenvalue weighted by atomic mass is 9.92. The molecule has 1 heterocycles. The molecule has 1 aromatic rings. The van der Waals surface area contributed by atoms with Crippen LogP contribution in [0.25, 0.3) is 0 Å². The van der Waals surface area contributed by atoms with E-state index in [1.165, 1.54) is 29.4 Å². The van der Waals surface area contributed by atoms with E-state index in [1.54, 1.807) is 0 Å². The Hall–Kier alpha value is -0.0500. The summed E-state index contributed by atoms with van der Waals surface area (Å²) in [6, 6.07) is 8.55. The van der Waals surface area contributed by atoms with Crippen LogP contribution in [0.2, 0.25) is 0 Å². The van der Waals surface area contributed by atoms with Crippen LogP contribution in [-0.2, 0) is 0 Å². The lowest BCUT2D eigenvalue weighted by molar-refractivity contribution is 0.460. The maximum atomic E-state index is 3.60. The van der Waals surface area contributed by atoms with Gasteiger partial charge in [-0.15, -0.1) is 12.4 Å². The van der Waals surface area contributed by atoms with Gasteiger partial charge in [-0.2, -0.15) is 0 Å². The van der Waals surface area contributed by atoms with E-state index in [2.05, 4.69) is 45.5 Å². The average molecular weight is 277 g/mol. The maximum Gasteiger partial charge on any atom is 0.0210 e. The molecule has 1 saturated heterocycles. The zero-order valence-electron chi connectivity index (χ0n) is 8.00. The molecular formula is C11H15BrClN. The highest BCUT2D eigenvalue weighted by atomic mass is 79.9. The van der Waals surface area contributed by atoms with Crippen molar-refractivity contribution in [3.05, 3.63) is 34.3 Å². The number of rotatable bonds is 1. The average Bonchev–Trinajstić information content (AvgIpc) is 2.20. The second-order valence-electron chi connectivity index (χ2n) is 3.56. The molecule has 0 saturated carbocycles. The summed E-state index contributed by atoms with van der Waals surface area (Å²) in [6.07, 6.45) is 2.61. The van der Waals surface area contributed by atoms with E-state index in [1.807, 2.05) is 0 Å². The summed E-state index contributed by atoms with van der Waals surface area (Å²) in [7, 11) is 0. The van der Waals surface area contributed by atoms with Gasteiger partial charge in [-0.3, -0.25) is 0 Å². The molecule has 1 aromatic carbocycles. The standard InChI is InChI=1S/C11H14BrN.ClH/c12-11-6-2-1-5-10(11)9-4-3-7-13-8-9;/h1-2,5-6,9,13H,3-4,7-8H2;1H/t9-;/m1./s1. The van der Waals surface area contributed by atoms with Crippen molar-refractivity contribution < 1.29 is 0 Å². The van der Waals surface area contributed by atoms with Gasteiger partial charge in [0.2, 0.25) is 0 Å². The van der Waals surface area contributed by atoms with E-state index in [-0.39, 0.29) is 12.4 Å². The van der Waals surface area contributed by atoms with Crippen molar-refractivity contribution in [2.24, 2.45) is 0 Å². The van der Waals surface area contributed by atoms with Gasteiger partial charge in [-0.1, -0.05) is 34.1 Å². The second-order valence-corrected chi connectivity index (χ2v) is 4.42. The smallest absolute Gasteiger partial charge is 0.0210 e. The largest absolute Gasteiger partial charge is 0.316 e. The molecule has 0 bridgehead atoms. The quantitative estimate of drug-likeness (QED) is 0.829. The highest BCUT2D eigenvalue weighted by Crippen LogP contribution is 2.29. The Bertz CT molecular complexity index is 284. The van der Waals surface area contributed by atoms with Crippen molar-refractivity contribution in [2.45, 2.75) is 18.8 Å². The van der Waals surface area contributed by atoms with Gasteiger partial charge in [0.15, 0.2) is 0 Å². The third-order valence-corrected chi connectivity index (χ3v) is 3.36. The molecule has 0 aromatic heterocycles. The fourth-order valence-corrected chi connectivity index (χ4v) is 2.53. The Kier molecular flexibility index (Phi) is 4.93. The molecule has 1 nitrogen and oxygen atoms in total. The van der Waals surface area contributed by atoms with E-state index in [9.17, 15) is 0 Å². The van der Waals surface area contributed by atoms with Crippen LogP contribution in [0.1, 0.15) is 24.3 Å². The van der Waals surface area contributed by atoms with Gasteiger partial charge >= 0.3 is 0 Å². The Balaban J connectivity index is 0.000000980. The summed E-state index contributed by atoms with van der Waals surface area (Å²) in [4.78, 5) is 0. The van der Waals surface area contributed by atoms with Gasteiger partial charge in [-0.05, 0) is 36.9 Å². The van der Waals surface area contributed by atoms with Gasteiger partial charge in [0.1, 0.15) is 0 Å². The van der Waals surface area contributed by atoms with E-state index in [0.29, 0.717) is 5.92 Å². The lowest BCUT2D eigenvalue weighted by Gasteiger charge is -2.23. The van der Waals surface area contributed by atoms with Crippen molar-refractivity contribution in [1.29, 1.82) is 0 Å². The first-order chi connectivity index (χ1) is 6.38. The van der Waals surface area contributed by atoms with E-state index < -0.39 is 0 Å². The topological polar surface area (TPSA) is 12.0 Å². The SMILES string of the molecule is Brc1ccccc1[C@@H]1CCCNC1.Cl. The van der Waals surface area contributed by atoms with Crippen LogP contribution < -0.4 is 5.32 Å². The minimum Gasteiger partial charge on any atom is -0.316 e. The summed E-state index contributed by atoms with van der Waals surface area (Å²) < 4.78 is 1.25. The number of hydrogen-bond acceptors (Lipinski definition) is 1. The van der Waals surface area contributed by atoms with Gasteiger partial charge < -0.3 is 5.32 Å². The molecule has 0 aliphatic carbocycles. The summed E-state index contributed by atoms with van der Waals surface area (Å²) in [6.45, 7) is 2.31. The molecule has 0 radical (unpaired) electrons. The van der Waals surface area contributed by atoms with Gasteiger partial charge in [0.25, 0.3) is 0 Å². The Labute approximate surface area is 99.8 Å². The first-order valence-corrected chi connectivity index (χ1v) is 5.62. The molecule has 1 fully saturated rings. The minimum absolute atomic E-state index is 0. The molecule has 1 atom stereocenters. The van der Waals surface area contributed by atoms with Crippen molar-refractivity contribution >= 4 is 28.3 Å². The second kappa shape index (κ2) is 5.74. The summed E-state index contributed by atoms with van der Waals surface area (Å²) in [5, 5.41) is 3.44. The van der Waals surface area contributed by atoms with Crippen LogP contribution in [0, 0.1) is 0 Å². The number of piperidine rings is 1. The first kappa shape index (κ1) is 12.0. The highest BCUT2D eigenvalue weighted by Gasteiger charge is 2.16. The zero-order valence-corrected chi connectivity index (χ0v) is 10.4. The third kappa shape index (κ3) is 2.72. The Morgan fingerprint density at radius 2 is 2.07 bits per heavy atom. The van der Waals surface area contributed by atoms with Crippen molar-refractivity contribution in [2.75, 3.05) is 13.1 Å². The van der Waals surface area contributed by atoms with Crippen molar-refractivity contribution in [3.63, 3.8) is 0 Å². The normalized spacial score (nSPS) is 21.4. The predicted molar refractivity (Wildman–Crippen MR) is 66.2 cm³/mol. The van der Waals surface area contributed by atoms with E-state index in [0.717, 1.165) is 6.54 Å². The first-order valence-electron chi connectivity index (χ1n) is 4.83. The maximum absolute atomic E-state index is 3.60. The molecule has 78 valence electrons. The molecule has 2 rings (SSSR count). The lowest BCUT2D eigenvalue weighted by Crippen LogP contribution is -2.28. The van der Waals surface area contributed by atoms with E-state index >= 15 is 0 Å². The Morgan fingerprint density at radius 1 is 1.29 bits per heavy atom. The van der Waals surface area contributed by atoms with Gasteiger partial charge in [0, 0.05) is 11.0 Å². The molecule has 14 heavy (non-hydrogen) atoms. The molecule has 0 spiro atoms. The van der Waals surface area contributed by atoms with E-state index in [4.69, 9.17) is 0 Å². The number of nitrogens with one attached hydrogen (secondary N) is 1. The van der Waals surface area contributed by atoms with Crippen LogP contribution >= 0.6 is 28.3 Å². The van der Waals surface area contributed by atoms with Crippen LogP contribution in [-0.4, -0.2) is 13.1 Å². The van der Waals surface area contributed by atoms with Crippen LogP contribution in [0.15, 0.2) is 28.7 Å². The van der Waals surface area contributed by atoms with Crippen molar-refractivity contribution in [3.8, 4) is 0 Å². The Morgan fingerprint density at radius 3 is 2.71 bits per heavy atom. The molecular weight excluding hydrogens is 261 g/mol. The minimum atomic E-state index is 0. The van der Waals surface area contributed by atoms with Crippen molar-refractivity contribution in [1.82, 2.24) is 5.32 Å². The summed E-state index contributed by atoms with van der Waals surface area (Å²) in [5.41, 5.74) is 1.45. The molecule has 1 N–H and O–H groups in total. The summed E-state index contributed by atoms with van der Waals surface area (Å²) in [5.74, 6) is 0.698. The zero-order chi connectivity index (χ0) is 9.10. The summed E-state index contributed by atoms with van der Waals surface area (Å²) >= 11 is 3.60. The van der Waals surface area contributed by atoms with Gasteiger partial charge in [0.05, 0.1) is 0 Å². The fourth-order valence-electron chi connectivity index (χ4n) is 1.92. The molecule has 0 unspecified atom stereocenters. The van der Waals surface area contributed by atoms with Crippen LogP contribution in [0.4, 0.5) is 0 Å². The fraction of sp³-hybridized carbons (Fsp3) is 0.455. The molecule has 0 amide bonds. The monoisotopic (exact) mass is 275 g/mol.